The van der Waals surface area contributed by atoms with Crippen molar-refractivity contribution in [1.29, 1.82) is 0 Å². The fraction of sp³-hybridized carbons (Fsp3) is 0.188. The van der Waals surface area contributed by atoms with Gasteiger partial charge in [0.25, 0.3) is 5.91 Å². The van der Waals surface area contributed by atoms with E-state index in [9.17, 15) is 4.79 Å². The first-order valence-corrected chi connectivity index (χ1v) is 6.53. The molecule has 2 N–H and O–H groups in total. The van der Waals surface area contributed by atoms with Crippen molar-refractivity contribution >= 4 is 5.91 Å². The molecule has 0 radical (unpaired) electrons. The number of nitrogens with one attached hydrogen (secondary N) is 1. The normalized spacial score (nSPS) is 9.57. The highest BCUT2D eigenvalue weighted by Crippen LogP contribution is 2.03. The van der Waals surface area contributed by atoms with E-state index in [-0.39, 0.29) is 18.2 Å². The van der Waals surface area contributed by atoms with Gasteiger partial charge < -0.3 is 10.4 Å². The number of aliphatic hydroxyl groups is 1. The summed E-state index contributed by atoms with van der Waals surface area (Å²) in [5, 5.41) is 11.5. The van der Waals surface area contributed by atoms with Crippen molar-refractivity contribution in [1.82, 2.24) is 15.3 Å². The SMILES string of the molecule is O=C(NCCc1cccnc1)c1ncccc1C#CCO. The molecule has 21 heavy (non-hydrogen) atoms. The molecule has 0 saturated heterocycles. The van der Waals surface area contributed by atoms with E-state index >= 15 is 0 Å². The lowest BCUT2D eigenvalue weighted by molar-refractivity contribution is 0.0949. The number of carbonyl (C=O) groups excluding carboxylic acids is 1. The van der Waals surface area contributed by atoms with E-state index in [1.807, 2.05) is 12.1 Å². The van der Waals surface area contributed by atoms with Gasteiger partial charge in [0, 0.05) is 25.1 Å². The van der Waals surface area contributed by atoms with Crippen molar-refractivity contribution in [2.75, 3.05) is 13.2 Å². The van der Waals surface area contributed by atoms with Crippen molar-refractivity contribution in [3.8, 4) is 11.8 Å². The van der Waals surface area contributed by atoms with Crippen LogP contribution in [0.3, 0.4) is 0 Å². The molecule has 2 aromatic rings. The summed E-state index contributed by atoms with van der Waals surface area (Å²) in [4.78, 5) is 20.2. The van der Waals surface area contributed by atoms with Crippen LogP contribution in [0.2, 0.25) is 0 Å². The number of hydrogen-bond donors (Lipinski definition) is 2. The molecular weight excluding hydrogens is 266 g/mol. The molecule has 2 heterocycles. The van der Waals surface area contributed by atoms with Gasteiger partial charge in [0.05, 0.1) is 5.56 Å². The Hall–Kier alpha value is -2.71. The Bertz CT molecular complexity index is 660. The minimum absolute atomic E-state index is 0.253. The van der Waals surface area contributed by atoms with Crippen LogP contribution >= 0.6 is 0 Å². The highest BCUT2D eigenvalue weighted by Gasteiger charge is 2.10. The van der Waals surface area contributed by atoms with Crippen molar-refractivity contribution in [3.63, 3.8) is 0 Å². The minimum Gasteiger partial charge on any atom is -0.384 e. The van der Waals surface area contributed by atoms with Gasteiger partial charge >= 0.3 is 0 Å². The maximum Gasteiger partial charge on any atom is 0.271 e. The second-order valence-electron chi connectivity index (χ2n) is 4.23. The lowest BCUT2D eigenvalue weighted by Gasteiger charge is -2.06. The Labute approximate surface area is 123 Å². The summed E-state index contributed by atoms with van der Waals surface area (Å²) in [6.07, 6.45) is 5.72. The van der Waals surface area contributed by atoms with Crippen molar-refractivity contribution in [3.05, 3.63) is 59.7 Å². The third-order valence-electron chi connectivity index (χ3n) is 2.75. The van der Waals surface area contributed by atoms with Gasteiger partial charge in [-0.3, -0.25) is 9.78 Å². The Balaban J connectivity index is 1.97. The Morgan fingerprint density at radius 3 is 2.90 bits per heavy atom. The quantitative estimate of drug-likeness (QED) is 0.813. The second-order valence-corrected chi connectivity index (χ2v) is 4.23. The summed E-state index contributed by atoms with van der Waals surface area (Å²) < 4.78 is 0. The maximum absolute atomic E-state index is 12.1. The molecular formula is C16H15N3O2. The number of aromatic nitrogens is 2. The predicted molar refractivity (Wildman–Crippen MR) is 78.5 cm³/mol. The number of aliphatic hydroxyl groups excluding tert-OH is 1. The smallest absolute Gasteiger partial charge is 0.271 e. The molecule has 5 nitrogen and oxygen atoms in total. The largest absolute Gasteiger partial charge is 0.384 e. The average molecular weight is 281 g/mol. The fourth-order valence-corrected chi connectivity index (χ4v) is 1.77. The van der Waals surface area contributed by atoms with Gasteiger partial charge in [-0.25, -0.2) is 4.98 Å². The molecule has 0 saturated carbocycles. The van der Waals surface area contributed by atoms with Crippen LogP contribution in [0.1, 0.15) is 21.6 Å². The third kappa shape index (κ3) is 4.41. The molecule has 0 spiro atoms. The molecule has 1 amide bonds. The van der Waals surface area contributed by atoms with Crippen LogP contribution in [0.15, 0.2) is 42.9 Å². The summed E-state index contributed by atoms with van der Waals surface area (Å²) in [5.41, 5.74) is 1.83. The lowest BCUT2D eigenvalue weighted by Crippen LogP contribution is -2.27. The molecule has 2 rings (SSSR count). The topological polar surface area (TPSA) is 75.1 Å². The molecule has 5 heteroatoms. The number of rotatable bonds is 4. The zero-order valence-corrected chi connectivity index (χ0v) is 11.4. The number of amides is 1. The number of carbonyl (C=O) groups is 1. The molecule has 0 bridgehead atoms. The van der Waals surface area contributed by atoms with E-state index < -0.39 is 0 Å². The Kier molecular flexibility index (Phi) is 5.44. The van der Waals surface area contributed by atoms with Gasteiger partial charge in [-0.05, 0) is 30.2 Å². The van der Waals surface area contributed by atoms with Crippen LogP contribution < -0.4 is 5.32 Å². The van der Waals surface area contributed by atoms with Crippen LogP contribution in [0, 0.1) is 11.8 Å². The molecule has 0 atom stereocenters. The fourth-order valence-electron chi connectivity index (χ4n) is 1.77. The van der Waals surface area contributed by atoms with Crippen LogP contribution in [0.25, 0.3) is 0 Å². The van der Waals surface area contributed by atoms with E-state index in [1.165, 1.54) is 0 Å². The van der Waals surface area contributed by atoms with Crippen LogP contribution in [0.5, 0.6) is 0 Å². The number of hydrogen-bond acceptors (Lipinski definition) is 4. The molecule has 0 fully saturated rings. The van der Waals surface area contributed by atoms with Gasteiger partial charge in [0.1, 0.15) is 12.3 Å². The van der Waals surface area contributed by atoms with Gasteiger partial charge in [0.2, 0.25) is 0 Å². The molecule has 0 unspecified atom stereocenters. The maximum atomic E-state index is 12.1. The molecule has 0 aliphatic carbocycles. The minimum atomic E-state index is -0.276. The first-order chi connectivity index (χ1) is 10.3. The van der Waals surface area contributed by atoms with Gasteiger partial charge in [0.15, 0.2) is 0 Å². The predicted octanol–water partition coefficient (Wildman–Crippen LogP) is 0.793. The van der Waals surface area contributed by atoms with Gasteiger partial charge in [-0.2, -0.15) is 0 Å². The summed E-state index contributed by atoms with van der Waals surface area (Å²) in [6, 6.07) is 7.22. The Morgan fingerprint density at radius 2 is 2.14 bits per heavy atom. The highest BCUT2D eigenvalue weighted by atomic mass is 16.2. The van der Waals surface area contributed by atoms with Gasteiger partial charge in [-0.1, -0.05) is 17.9 Å². The first-order valence-electron chi connectivity index (χ1n) is 6.53. The van der Waals surface area contributed by atoms with E-state index in [0.29, 0.717) is 18.5 Å². The zero-order chi connectivity index (χ0) is 14.9. The molecule has 0 aliphatic heterocycles. The third-order valence-corrected chi connectivity index (χ3v) is 2.75. The molecule has 0 aliphatic rings. The molecule has 0 aromatic carbocycles. The van der Waals surface area contributed by atoms with E-state index in [4.69, 9.17) is 5.11 Å². The van der Waals surface area contributed by atoms with Crippen LogP contribution in [-0.2, 0) is 6.42 Å². The number of pyridine rings is 2. The van der Waals surface area contributed by atoms with E-state index in [0.717, 1.165) is 5.56 Å². The van der Waals surface area contributed by atoms with Crippen molar-refractivity contribution in [2.45, 2.75) is 6.42 Å². The molecule has 106 valence electrons. The van der Waals surface area contributed by atoms with E-state index in [2.05, 4.69) is 27.1 Å². The zero-order valence-electron chi connectivity index (χ0n) is 11.4. The first kappa shape index (κ1) is 14.7. The van der Waals surface area contributed by atoms with Crippen LogP contribution in [0.4, 0.5) is 0 Å². The standard InChI is InChI=1S/C16H15N3O2/c20-11-3-6-14-5-2-9-18-15(14)16(21)19-10-7-13-4-1-8-17-12-13/h1-2,4-5,8-9,12,20H,7,10-11H2,(H,19,21). The highest BCUT2D eigenvalue weighted by molar-refractivity contribution is 5.94. The summed E-state index contributed by atoms with van der Waals surface area (Å²) in [6.45, 7) is 0.241. The monoisotopic (exact) mass is 281 g/mol. The average Bonchev–Trinajstić information content (AvgIpc) is 2.54. The van der Waals surface area contributed by atoms with Crippen molar-refractivity contribution < 1.29 is 9.90 Å². The van der Waals surface area contributed by atoms with E-state index in [1.54, 1.807) is 30.7 Å². The molecule has 2 aromatic heterocycles. The summed E-state index contributed by atoms with van der Waals surface area (Å²) in [7, 11) is 0. The van der Waals surface area contributed by atoms with Gasteiger partial charge in [-0.15, -0.1) is 0 Å². The second kappa shape index (κ2) is 7.78. The Morgan fingerprint density at radius 1 is 1.29 bits per heavy atom. The lowest BCUT2D eigenvalue weighted by atomic mass is 10.1. The van der Waals surface area contributed by atoms with Crippen LogP contribution in [-0.4, -0.2) is 34.1 Å². The number of nitrogens with zero attached hydrogens (tertiary/aromatic N) is 2. The summed E-state index contributed by atoms with van der Waals surface area (Å²) >= 11 is 0. The summed E-state index contributed by atoms with van der Waals surface area (Å²) in [5.74, 6) is 4.96. The van der Waals surface area contributed by atoms with Crippen molar-refractivity contribution in [2.24, 2.45) is 0 Å².